The maximum Gasteiger partial charge on any atom is 0.232 e. The Kier molecular flexibility index (Phi) is 6.77. The molecule has 0 aliphatic carbocycles. The average Bonchev–Trinajstić information content (AvgIpc) is 3.28. The monoisotopic (exact) mass is 489 g/mol. The van der Waals surface area contributed by atoms with E-state index in [0.717, 1.165) is 46.7 Å². The number of para-hydroxylation sites is 2. The number of ether oxygens (including phenoxy) is 1. The number of benzene rings is 2. The summed E-state index contributed by atoms with van der Waals surface area (Å²) in [6.07, 6.45) is 0. The van der Waals surface area contributed by atoms with Crippen LogP contribution in [-0.4, -0.2) is 56.0 Å². The van der Waals surface area contributed by atoms with E-state index in [1.54, 1.807) is 0 Å². The first kappa shape index (κ1) is 23.1. The van der Waals surface area contributed by atoms with Crippen LogP contribution in [0.5, 0.6) is 0 Å². The van der Waals surface area contributed by atoms with Crippen LogP contribution in [0.15, 0.2) is 53.7 Å². The van der Waals surface area contributed by atoms with E-state index in [4.69, 9.17) is 10.5 Å². The molecule has 180 valence electrons. The van der Waals surface area contributed by atoms with E-state index in [-0.39, 0.29) is 5.95 Å². The third-order valence-corrected chi connectivity index (χ3v) is 6.61. The van der Waals surface area contributed by atoms with Crippen LogP contribution < -0.4 is 16.0 Å². The fraction of sp³-hybridized carbons (Fsp3) is 0.292. The Morgan fingerprint density at radius 1 is 0.943 bits per heavy atom. The van der Waals surface area contributed by atoms with Crippen molar-refractivity contribution >= 4 is 35.3 Å². The van der Waals surface area contributed by atoms with E-state index in [1.165, 1.54) is 11.8 Å². The molecule has 0 radical (unpaired) electrons. The second-order valence-corrected chi connectivity index (χ2v) is 9.11. The van der Waals surface area contributed by atoms with Gasteiger partial charge in [0.25, 0.3) is 0 Å². The van der Waals surface area contributed by atoms with Gasteiger partial charge in [-0.05, 0) is 37.1 Å². The molecule has 11 heteroatoms. The van der Waals surface area contributed by atoms with Gasteiger partial charge in [-0.15, -0.1) is 10.2 Å². The standard InChI is InChI=1S/C24H27N9OS/c1-16-7-3-5-9-18(16)26-22-28-20(27-21(25)29-22)15-35-24-31-30-23(32-11-13-34-14-12-32)33(24)19-10-6-4-8-17(19)2/h3-10H,11-15H2,1-2H3,(H3,25,26,27,28,29). The first-order valence-corrected chi connectivity index (χ1v) is 12.4. The Hall–Kier alpha value is -3.70. The SMILES string of the molecule is Cc1ccccc1Nc1nc(N)nc(CSc2nnc(N3CCOCC3)n2-c2ccccc2C)n1. The number of aryl methyl sites for hydroxylation is 2. The number of hydrogen-bond acceptors (Lipinski definition) is 10. The molecule has 0 bridgehead atoms. The van der Waals surface area contributed by atoms with Gasteiger partial charge in [-0.1, -0.05) is 48.2 Å². The molecule has 5 rings (SSSR count). The Balaban J connectivity index is 1.42. The Morgan fingerprint density at radius 3 is 2.46 bits per heavy atom. The Bertz CT molecular complexity index is 1320. The number of rotatable bonds is 7. The maximum absolute atomic E-state index is 6.00. The highest BCUT2D eigenvalue weighted by molar-refractivity contribution is 7.98. The molecule has 35 heavy (non-hydrogen) atoms. The van der Waals surface area contributed by atoms with Crippen LogP contribution in [0.1, 0.15) is 17.0 Å². The van der Waals surface area contributed by atoms with Gasteiger partial charge in [0.2, 0.25) is 17.8 Å². The van der Waals surface area contributed by atoms with Crippen LogP contribution in [0.2, 0.25) is 0 Å². The lowest BCUT2D eigenvalue weighted by Gasteiger charge is -2.28. The smallest absolute Gasteiger partial charge is 0.232 e. The van der Waals surface area contributed by atoms with Gasteiger partial charge in [0.1, 0.15) is 5.82 Å². The molecule has 0 saturated carbocycles. The van der Waals surface area contributed by atoms with Crippen molar-refractivity contribution < 1.29 is 4.74 Å². The van der Waals surface area contributed by atoms with Crippen LogP contribution in [0.25, 0.3) is 5.69 Å². The number of nitrogens with two attached hydrogens (primary N) is 1. The van der Waals surface area contributed by atoms with Crippen molar-refractivity contribution in [3.05, 3.63) is 65.5 Å². The van der Waals surface area contributed by atoms with Crippen molar-refractivity contribution in [2.75, 3.05) is 42.3 Å². The fourth-order valence-electron chi connectivity index (χ4n) is 3.87. The van der Waals surface area contributed by atoms with Crippen molar-refractivity contribution in [1.29, 1.82) is 0 Å². The van der Waals surface area contributed by atoms with E-state index in [1.807, 2.05) is 43.3 Å². The number of hydrogen-bond donors (Lipinski definition) is 2. The molecule has 0 atom stereocenters. The normalized spacial score (nSPS) is 13.7. The first-order chi connectivity index (χ1) is 17.1. The van der Waals surface area contributed by atoms with Crippen LogP contribution in [0, 0.1) is 13.8 Å². The summed E-state index contributed by atoms with van der Waals surface area (Å²) in [5, 5.41) is 13.1. The second-order valence-electron chi connectivity index (χ2n) is 8.17. The quantitative estimate of drug-likeness (QED) is 0.373. The summed E-state index contributed by atoms with van der Waals surface area (Å²) in [6, 6.07) is 16.2. The van der Waals surface area contributed by atoms with Gasteiger partial charge in [0.15, 0.2) is 5.16 Å². The first-order valence-electron chi connectivity index (χ1n) is 11.4. The van der Waals surface area contributed by atoms with E-state index in [0.29, 0.717) is 30.7 Å². The topological polar surface area (TPSA) is 120 Å². The van der Waals surface area contributed by atoms with Gasteiger partial charge >= 0.3 is 0 Å². The van der Waals surface area contributed by atoms with Gasteiger partial charge in [-0.25, -0.2) is 0 Å². The number of aromatic nitrogens is 6. The van der Waals surface area contributed by atoms with Gasteiger partial charge in [-0.3, -0.25) is 4.57 Å². The van der Waals surface area contributed by atoms with Crippen LogP contribution >= 0.6 is 11.8 Å². The van der Waals surface area contributed by atoms with E-state index >= 15 is 0 Å². The molecule has 4 aromatic rings. The summed E-state index contributed by atoms with van der Waals surface area (Å²) in [4.78, 5) is 15.4. The molecule has 10 nitrogen and oxygen atoms in total. The molecule has 0 unspecified atom stereocenters. The second kappa shape index (κ2) is 10.3. The molecular weight excluding hydrogens is 462 g/mol. The van der Waals surface area contributed by atoms with Gasteiger partial charge in [-0.2, -0.15) is 15.0 Å². The molecule has 1 saturated heterocycles. The van der Waals surface area contributed by atoms with Crippen LogP contribution in [-0.2, 0) is 10.5 Å². The summed E-state index contributed by atoms with van der Waals surface area (Å²) in [6.45, 7) is 6.99. The molecule has 1 fully saturated rings. The summed E-state index contributed by atoms with van der Waals surface area (Å²) in [7, 11) is 0. The number of thioether (sulfide) groups is 1. The molecule has 2 aromatic carbocycles. The molecule has 0 spiro atoms. The number of anilines is 4. The summed E-state index contributed by atoms with van der Waals surface area (Å²) in [5.41, 5.74) is 10.2. The maximum atomic E-state index is 6.00. The fourth-order valence-corrected chi connectivity index (χ4v) is 4.67. The molecular formula is C24H27N9OS. The Labute approximate surface area is 208 Å². The lowest BCUT2D eigenvalue weighted by atomic mass is 10.2. The lowest BCUT2D eigenvalue weighted by molar-refractivity contribution is 0.122. The Morgan fingerprint density at radius 2 is 1.69 bits per heavy atom. The van der Waals surface area contributed by atoms with Gasteiger partial charge < -0.3 is 20.7 Å². The summed E-state index contributed by atoms with van der Waals surface area (Å²) < 4.78 is 7.63. The summed E-state index contributed by atoms with van der Waals surface area (Å²) in [5.74, 6) is 2.41. The summed E-state index contributed by atoms with van der Waals surface area (Å²) >= 11 is 1.51. The molecule has 2 aromatic heterocycles. The highest BCUT2D eigenvalue weighted by Gasteiger charge is 2.23. The third kappa shape index (κ3) is 5.20. The van der Waals surface area contributed by atoms with Crippen LogP contribution in [0.4, 0.5) is 23.5 Å². The van der Waals surface area contributed by atoms with Crippen molar-refractivity contribution in [3.8, 4) is 5.69 Å². The van der Waals surface area contributed by atoms with E-state index in [2.05, 4.69) is 59.0 Å². The third-order valence-electron chi connectivity index (χ3n) is 5.69. The lowest BCUT2D eigenvalue weighted by Crippen LogP contribution is -2.38. The minimum Gasteiger partial charge on any atom is -0.378 e. The molecule has 1 aliphatic rings. The number of nitrogen functional groups attached to an aromatic ring is 1. The zero-order valence-electron chi connectivity index (χ0n) is 19.7. The minimum atomic E-state index is 0.168. The molecule has 3 heterocycles. The van der Waals surface area contributed by atoms with E-state index in [9.17, 15) is 0 Å². The van der Waals surface area contributed by atoms with Crippen molar-refractivity contribution in [3.63, 3.8) is 0 Å². The molecule has 1 aliphatic heterocycles. The molecule has 0 amide bonds. The predicted octanol–water partition coefficient (Wildman–Crippen LogP) is 3.52. The van der Waals surface area contributed by atoms with Crippen molar-refractivity contribution in [2.45, 2.75) is 24.8 Å². The van der Waals surface area contributed by atoms with Crippen molar-refractivity contribution in [1.82, 2.24) is 29.7 Å². The minimum absolute atomic E-state index is 0.168. The highest BCUT2D eigenvalue weighted by atomic mass is 32.2. The average molecular weight is 490 g/mol. The molecule has 3 N–H and O–H groups in total. The number of nitrogens with zero attached hydrogens (tertiary/aromatic N) is 7. The number of morpholine rings is 1. The number of nitrogens with one attached hydrogen (secondary N) is 1. The zero-order chi connectivity index (χ0) is 24.2. The van der Waals surface area contributed by atoms with E-state index < -0.39 is 0 Å². The van der Waals surface area contributed by atoms with Gasteiger partial charge in [0.05, 0.1) is 24.7 Å². The predicted molar refractivity (Wildman–Crippen MR) is 137 cm³/mol. The zero-order valence-corrected chi connectivity index (χ0v) is 20.5. The van der Waals surface area contributed by atoms with Gasteiger partial charge in [0, 0.05) is 18.8 Å². The highest BCUT2D eigenvalue weighted by Crippen LogP contribution is 2.30. The largest absolute Gasteiger partial charge is 0.378 e. The van der Waals surface area contributed by atoms with Crippen molar-refractivity contribution in [2.24, 2.45) is 0 Å². The van der Waals surface area contributed by atoms with Crippen LogP contribution in [0.3, 0.4) is 0 Å².